The van der Waals surface area contributed by atoms with Crippen LogP contribution in [-0.4, -0.2) is 19.6 Å². The van der Waals surface area contributed by atoms with E-state index in [-0.39, 0.29) is 5.91 Å². The molecule has 2 aromatic carbocycles. The van der Waals surface area contributed by atoms with Gasteiger partial charge in [-0.25, -0.2) is 0 Å². The van der Waals surface area contributed by atoms with E-state index < -0.39 is 0 Å². The van der Waals surface area contributed by atoms with Crippen LogP contribution in [0.5, 0.6) is 11.5 Å². The van der Waals surface area contributed by atoms with Gasteiger partial charge in [-0.05, 0) is 31.2 Å². The van der Waals surface area contributed by atoms with Crippen molar-refractivity contribution in [2.75, 3.05) is 13.7 Å². The van der Waals surface area contributed by atoms with Crippen LogP contribution in [-0.2, 0) is 6.54 Å². The first-order valence-corrected chi connectivity index (χ1v) is 9.08. The Morgan fingerprint density at radius 2 is 2.04 bits per heavy atom. The van der Waals surface area contributed by atoms with Crippen LogP contribution < -0.4 is 14.8 Å². The highest BCUT2D eigenvalue weighted by atomic mass is 35.5. The Bertz CT molecular complexity index is 907. The number of amides is 1. The van der Waals surface area contributed by atoms with Gasteiger partial charge in [-0.3, -0.25) is 4.79 Å². The van der Waals surface area contributed by atoms with Gasteiger partial charge in [0.2, 0.25) is 0 Å². The summed E-state index contributed by atoms with van der Waals surface area (Å²) in [4.78, 5) is 13.2. The molecule has 0 aliphatic heterocycles. The number of rotatable bonds is 6. The monoisotopic (exact) mass is 375 g/mol. The smallest absolute Gasteiger partial charge is 0.265 e. The fourth-order valence-corrected chi connectivity index (χ4v) is 3.97. The molecule has 4 nitrogen and oxygen atoms in total. The number of ether oxygens (including phenoxy) is 2. The Hall–Kier alpha value is -2.24. The lowest BCUT2D eigenvalue weighted by Gasteiger charge is -2.11. The van der Waals surface area contributed by atoms with Gasteiger partial charge < -0.3 is 14.8 Å². The first-order chi connectivity index (χ1) is 12.1. The Labute approximate surface area is 155 Å². The number of benzene rings is 2. The van der Waals surface area contributed by atoms with Gasteiger partial charge in [0.1, 0.15) is 16.4 Å². The standard InChI is InChI=1S/C19H18ClNO3S/c1-3-24-15-7-5-4-6-12(15)11-21-19(22)18-17(23-2)14-9-8-13(20)10-16(14)25-18/h4-10H,3,11H2,1-2H3,(H,21,22). The second-order valence-corrected chi connectivity index (χ2v) is 6.82. The summed E-state index contributed by atoms with van der Waals surface area (Å²) in [6.45, 7) is 2.89. The second-order valence-electron chi connectivity index (χ2n) is 5.33. The minimum Gasteiger partial charge on any atom is -0.494 e. The molecule has 0 aliphatic carbocycles. The summed E-state index contributed by atoms with van der Waals surface area (Å²) >= 11 is 7.41. The van der Waals surface area contributed by atoms with E-state index in [1.807, 2.05) is 43.3 Å². The topological polar surface area (TPSA) is 47.6 Å². The van der Waals surface area contributed by atoms with E-state index in [1.165, 1.54) is 11.3 Å². The lowest BCUT2D eigenvalue weighted by atomic mass is 10.2. The van der Waals surface area contributed by atoms with Gasteiger partial charge in [-0.15, -0.1) is 11.3 Å². The molecule has 0 saturated heterocycles. The maximum atomic E-state index is 12.7. The van der Waals surface area contributed by atoms with Gasteiger partial charge in [0.05, 0.1) is 13.7 Å². The van der Waals surface area contributed by atoms with Gasteiger partial charge >= 0.3 is 0 Å². The zero-order valence-corrected chi connectivity index (χ0v) is 15.5. The number of methoxy groups -OCH3 is 1. The molecule has 1 heterocycles. The highest BCUT2D eigenvalue weighted by Crippen LogP contribution is 2.38. The van der Waals surface area contributed by atoms with Crippen molar-refractivity contribution in [1.29, 1.82) is 0 Å². The van der Waals surface area contributed by atoms with Gasteiger partial charge in [0.15, 0.2) is 0 Å². The minimum atomic E-state index is -0.180. The van der Waals surface area contributed by atoms with Crippen molar-refractivity contribution in [3.63, 3.8) is 0 Å². The number of nitrogens with one attached hydrogen (secondary N) is 1. The Morgan fingerprint density at radius 3 is 2.80 bits per heavy atom. The molecule has 1 aromatic heterocycles. The van der Waals surface area contributed by atoms with Crippen molar-refractivity contribution in [1.82, 2.24) is 5.32 Å². The number of para-hydroxylation sites is 1. The van der Waals surface area contributed by atoms with Gasteiger partial charge in [-0.1, -0.05) is 29.8 Å². The molecule has 25 heavy (non-hydrogen) atoms. The van der Waals surface area contributed by atoms with Crippen LogP contribution in [0.25, 0.3) is 10.1 Å². The molecule has 0 unspecified atom stereocenters. The summed E-state index contributed by atoms with van der Waals surface area (Å²) in [5.74, 6) is 1.17. The van der Waals surface area contributed by atoms with Gasteiger partial charge in [0.25, 0.3) is 5.91 Å². The molecular weight excluding hydrogens is 358 g/mol. The van der Waals surface area contributed by atoms with E-state index in [2.05, 4.69) is 5.32 Å². The summed E-state index contributed by atoms with van der Waals surface area (Å²) in [6.07, 6.45) is 0. The third kappa shape index (κ3) is 3.72. The van der Waals surface area contributed by atoms with Crippen LogP contribution in [0.3, 0.4) is 0 Å². The minimum absolute atomic E-state index is 0.180. The van der Waals surface area contributed by atoms with E-state index in [0.29, 0.717) is 28.8 Å². The number of hydrogen-bond donors (Lipinski definition) is 1. The molecule has 0 atom stereocenters. The summed E-state index contributed by atoms with van der Waals surface area (Å²) < 4.78 is 12.0. The quantitative estimate of drug-likeness (QED) is 0.667. The molecule has 0 radical (unpaired) electrons. The maximum absolute atomic E-state index is 12.7. The van der Waals surface area contributed by atoms with Crippen LogP contribution in [0.1, 0.15) is 22.2 Å². The lowest BCUT2D eigenvalue weighted by Crippen LogP contribution is -2.22. The molecule has 6 heteroatoms. The molecule has 0 fully saturated rings. The molecule has 0 aliphatic rings. The highest BCUT2D eigenvalue weighted by Gasteiger charge is 2.19. The van der Waals surface area contributed by atoms with E-state index in [0.717, 1.165) is 21.4 Å². The Kier molecular flexibility index (Phi) is 5.46. The maximum Gasteiger partial charge on any atom is 0.265 e. The van der Waals surface area contributed by atoms with Crippen LogP contribution in [0.15, 0.2) is 42.5 Å². The molecule has 1 amide bonds. The lowest BCUT2D eigenvalue weighted by molar-refractivity contribution is 0.0952. The molecular formula is C19H18ClNO3S. The predicted molar refractivity (Wildman–Crippen MR) is 102 cm³/mol. The fourth-order valence-electron chi connectivity index (χ4n) is 2.60. The normalized spacial score (nSPS) is 10.7. The zero-order chi connectivity index (χ0) is 17.8. The first kappa shape index (κ1) is 17.6. The molecule has 1 N–H and O–H groups in total. The number of hydrogen-bond acceptors (Lipinski definition) is 4. The molecule has 130 valence electrons. The Balaban J connectivity index is 1.83. The molecule has 0 saturated carbocycles. The van der Waals surface area contributed by atoms with Crippen molar-refractivity contribution in [2.45, 2.75) is 13.5 Å². The van der Waals surface area contributed by atoms with Gasteiger partial charge in [-0.2, -0.15) is 0 Å². The number of halogens is 1. The average Bonchev–Trinajstić information content (AvgIpc) is 2.98. The number of carbonyl (C=O) groups excluding carboxylic acids is 1. The number of fused-ring (bicyclic) bond motifs is 1. The van der Waals surface area contributed by atoms with E-state index in [9.17, 15) is 4.79 Å². The third-order valence-electron chi connectivity index (χ3n) is 3.73. The highest BCUT2D eigenvalue weighted by molar-refractivity contribution is 7.21. The van der Waals surface area contributed by atoms with Gasteiger partial charge in [0, 0.05) is 27.2 Å². The molecule has 3 rings (SSSR count). The average molecular weight is 376 g/mol. The fraction of sp³-hybridized carbons (Fsp3) is 0.211. The SMILES string of the molecule is CCOc1ccccc1CNC(=O)c1sc2cc(Cl)ccc2c1OC. The van der Waals surface area contributed by atoms with E-state index in [1.54, 1.807) is 13.2 Å². The van der Waals surface area contributed by atoms with Crippen molar-refractivity contribution >= 4 is 38.9 Å². The second kappa shape index (κ2) is 7.76. The Morgan fingerprint density at radius 1 is 1.24 bits per heavy atom. The van der Waals surface area contributed by atoms with Crippen LogP contribution in [0, 0.1) is 0 Å². The summed E-state index contributed by atoms with van der Waals surface area (Å²) in [5.41, 5.74) is 0.931. The van der Waals surface area contributed by atoms with Crippen LogP contribution in [0.2, 0.25) is 5.02 Å². The molecule has 0 spiro atoms. The summed E-state index contributed by atoms with van der Waals surface area (Å²) in [7, 11) is 1.57. The van der Waals surface area contributed by atoms with E-state index in [4.69, 9.17) is 21.1 Å². The van der Waals surface area contributed by atoms with E-state index >= 15 is 0 Å². The number of carbonyl (C=O) groups is 1. The van der Waals surface area contributed by atoms with Crippen molar-refractivity contribution < 1.29 is 14.3 Å². The molecule has 0 bridgehead atoms. The van der Waals surface area contributed by atoms with Crippen molar-refractivity contribution in [3.05, 3.63) is 57.9 Å². The third-order valence-corrected chi connectivity index (χ3v) is 5.10. The predicted octanol–water partition coefficient (Wildman–Crippen LogP) is 4.89. The summed E-state index contributed by atoms with van der Waals surface area (Å²) in [5, 5.41) is 4.46. The van der Waals surface area contributed by atoms with Crippen molar-refractivity contribution in [3.8, 4) is 11.5 Å². The molecule has 3 aromatic rings. The number of thiophene rings is 1. The van der Waals surface area contributed by atoms with Crippen molar-refractivity contribution in [2.24, 2.45) is 0 Å². The first-order valence-electron chi connectivity index (χ1n) is 7.89. The van der Waals surface area contributed by atoms with Crippen LogP contribution in [0.4, 0.5) is 0 Å². The summed E-state index contributed by atoms with van der Waals surface area (Å²) in [6, 6.07) is 13.2. The zero-order valence-electron chi connectivity index (χ0n) is 14.0. The van der Waals surface area contributed by atoms with Crippen LogP contribution >= 0.6 is 22.9 Å². The largest absolute Gasteiger partial charge is 0.494 e.